The predicted molar refractivity (Wildman–Crippen MR) is 96.4 cm³/mol. The van der Waals surface area contributed by atoms with Crippen molar-refractivity contribution in [3.05, 3.63) is 0 Å². The van der Waals surface area contributed by atoms with Gasteiger partial charge in [-0.2, -0.15) is 0 Å². The van der Waals surface area contributed by atoms with Crippen LogP contribution in [0, 0.1) is 5.92 Å². The summed E-state index contributed by atoms with van der Waals surface area (Å²) in [6.07, 6.45) is 10.1. The first-order valence-electron chi connectivity index (χ1n) is 9.52. The van der Waals surface area contributed by atoms with Gasteiger partial charge in [-0.3, -0.25) is 4.79 Å². The lowest BCUT2D eigenvalue weighted by Gasteiger charge is -2.39. The van der Waals surface area contributed by atoms with Gasteiger partial charge in [0.25, 0.3) is 0 Å². The number of carbonyl (C=O) groups is 1. The van der Waals surface area contributed by atoms with Crippen LogP contribution in [0.4, 0.5) is 0 Å². The number of nitrogens with two attached hydrogens (primary N) is 1. The highest BCUT2D eigenvalue weighted by molar-refractivity contribution is 5.81. The molecular weight excluding hydrogens is 288 g/mol. The molecular formula is C19H38N2O2. The minimum absolute atomic E-state index is 0.182. The average Bonchev–Trinajstić information content (AvgIpc) is 2.49. The number of piperidine rings is 1. The van der Waals surface area contributed by atoms with Crippen molar-refractivity contribution in [2.24, 2.45) is 11.7 Å². The van der Waals surface area contributed by atoms with Gasteiger partial charge in [0.2, 0.25) is 0 Å². The van der Waals surface area contributed by atoms with Gasteiger partial charge in [-0.15, -0.1) is 0 Å². The Morgan fingerprint density at radius 1 is 1.17 bits per heavy atom. The molecule has 1 aliphatic rings. The second kappa shape index (κ2) is 9.63. The Hall–Kier alpha value is -0.610. The number of carbonyl (C=O) groups excluding carboxylic acids is 1. The number of rotatable bonds is 9. The smallest absolute Gasteiger partial charge is 0.326 e. The standard InChI is InChI=1S/C19H38N2O2/c1-5-6-7-8-9-10-13-19(20,16-12-11-14-21-15-16)17(22)23-18(2,3)4/h16,21H,5-15,20H2,1-4H3/t16?,19-/m1/s1. The monoisotopic (exact) mass is 326 g/mol. The maximum absolute atomic E-state index is 12.8. The van der Waals surface area contributed by atoms with Gasteiger partial charge in [0.15, 0.2) is 0 Å². The normalized spacial score (nSPS) is 21.7. The summed E-state index contributed by atoms with van der Waals surface area (Å²) < 4.78 is 5.66. The van der Waals surface area contributed by atoms with E-state index in [-0.39, 0.29) is 11.9 Å². The maximum Gasteiger partial charge on any atom is 0.326 e. The molecule has 1 fully saturated rings. The van der Waals surface area contributed by atoms with Crippen LogP contribution in [0.1, 0.15) is 85.5 Å². The van der Waals surface area contributed by atoms with Crippen LogP contribution in [-0.2, 0) is 9.53 Å². The number of ether oxygens (including phenoxy) is 1. The van der Waals surface area contributed by atoms with Crippen LogP contribution in [0.15, 0.2) is 0 Å². The van der Waals surface area contributed by atoms with Gasteiger partial charge in [0.05, 0.1) is 0 Å². The van der Waals surface area contributed by atoms with Crippen molar-refractivity contribution in [1.29, 1.82) is 0 Å². The predicted octanol–water partition coefficient (Wildman–Crippen LogP) is 3.78. The number of hydrogen-bond acceptors (Lipinski definition) is 4. The molecule has 1 rings (SSSR count). The topological polar surface area (TPSA) is 64.4 Å². The Kier molecular flexibility index (Phi) is 8.56. The van der Waals surface area contributed by atoms with Gasteiger partial charge in [-0.1, -0.05) is 45.4 Å². The highest BCUT2D eigenvalue weighted by Gasteiger charge is 2.44. The second-order valence-electron chi connectivity index (χ2n) is 8.10. The highest BCUT2D eigenvalue weighted by Crippen LogP contribution is 2.30. The zero-order valence-electron chi connectivity index (χ0n) is 15.7. The van der Waals surface area contributed by atoms with Crippen LogP contribution >= 0.6 is 0 Å². The Morgan fingerprint density at radius 3 is 2.39 bits per heavy atom. The van der Waals surface area contributed by atoms with Gasteiger partial charge in [-0.25, -0.2) is 0 Å². The third-order valence-electron chi connectivity index (χ3n) is 4.75. The van der Waals surface area contributed by atoms with Gasteiger partial charge >= 0.3 is 5.97 Å². The van der Waals surface area contributed by atoms with Crippen LogP contribution in [0.25, 0.3) is 0 Å². The summed E-state index contributed by atoms with van der Waals surface area (Å²) in [7, 11) is 0. The molecule has 0 bridgehead atoms. The average molecular weight is 327 g/mol. The second-order valence-corrected chi connectivity index (χ2v) is 8.10. The number of esters is 1. The molecule has 4 nitrogen and oxygen atoms in total. The van der Waals surface area contributed by atoms with E-state index in [1.807, 2.05) is 20.8 Å². The zero-order chi connectivity index (χ0) is 17.3. The molecule has 1 heterocycles. The lowest BCUT2D eigenvalue weighted by molar-refractivity contribution is -0.165. The fourth-order valence-electron chi connectivity index (χ4n) is 3.34. The highest BCUT2D eigenvalue weighted by atomic mass is 16.6. The van der Waals surface area contributed by atoms with Gasteiger partial charge in [0.1, 0.15) is 11.1 Å². The summed E-state index contributed by atoms with van der Waals surface area (Å²) >= 11 is 0. The molecule has 2 atom stereocenters. The van der Waals surface area contributed by atoms with E-state index in [0.29, 0.717) is 0 Å². The largest absolute Gasteiger partial charge is 0.459 e. The van der Waals surface area contributed by atoms with Crippen LogP contribution in [0.2, 0.25) is 0 Å². The molecule has 136 valence electrons. The molecule has 0 aliphatic carbocycles. The van der Waals surface area contributed by atoms with Gasteiger partial charge in [0, 0.05) is 12.5 Å². The molecule has 1 unspecified atom stereocenters. The van der Waals surface area contributed by atoms with Crippen molar-refractivity contribution in [2.75, 3.05) is 13.1 Å². The molecule has 4 heteroatoms. The molecule has 0 aromatic carbocycles. The molecule has 0 radical (unpaired) electrons. The Morgan fingerprint density at radius 2 is 1.83 bits per heavy atom. The zero-order valence-corrected chi connectivity index (χ0v) is 15.7. The van der Waals surface area contributed by atoms with Crippen LogP contribution in [0.5, 0.6) is 0 Å². The number of nitrogens with one attached hydrogen (secondary N) is 1. The van der Waals surface area contributed by atoms with E-state index in [0.717, 1.165) is 45.2 Å². The minimum atomic E-state index is -0.842. The summed E-state index contributed by atoms with van der Waals surface area (Å²) in [6.45, 7) is 9.81. The summed E-state index contributed by atoms with van der Waals surface area (Å²) in [5, 5.41) is 3.39. The molecule has 0 saturated carbocycles. The van der Waals surface area contributed by atoms with Crippen molar-refractivity contribution in [2.45, 2.75) is 96.6 Å². The van der Waals surface area contributed by atoms with Crippen LogP contribution in [-0.4, -0.2) is 30.2 Å². The number of hydrogen-bond donors (Lipinski definition) is 2. The van der Waals surface area contributed by atoms with E-state index in [1.165, 1.54) is 25.7 Å². The van der Waals surface area contributed by atoms with E-state index in [4.69, 9.17) is 10.5 Å². The summed E-state index contributed by atoms with van der Waals surface area (Å²) in [5.74, 6) is -0.0333. The molecule has 23 heavy (non-hydrogen) atoms. The quantitative estimate of drug-likeness (QED) is 0.500. The Balaban J connectivity index is 2.62. The first-order valence-corrected chi connectivity index (χ1v) is 9.52. The van der Waals surface area contributed by atoms with E-state index in [9.17, 15) is 4.79 Å². The third kappa shape index (κ3) is 7.21. The SMILES string of the molecule is CCCCCCCC[C@](N)(C(=O)OC(C)(C)C)C1CCCNC1. The number of unbranched alkanes of at least 4 members (excludes halogenated alkanes) is 5. The van der Waals surface area contributed by atoms with Crippen LogP contribution in [0.3, 0.4) is 0 Å². The van der Waals surface area contributed by atoms with E-state index < -0.39 is 11.1 Å². The fraction of sp³-hybridized carbons (Fsp3) is 0.947. The van der Waals surface area contributed by atoms with Crippen molar-refractivity contribution in [3.8, 4) is 0 Å². The Labute approximate surface area is 142 Å². The molecule has 0 spiro atoms. The van der Waals surface area contributed by atoms with E-state index in [2.05, 4.69) is 12.2 Å². The molecule has 0 aromatic heterocycles. The summed E-state index contributed by atoms with van der Waals surface area (Å²) in [5.41, 5.74) is 5.33. The first-order chi connectivity index (χ1) is 10.8. The van der Waals surface area contributed by atoms with Gasteiger partial charge in [-0.05, 0) is 46.6 Å². The van der Waals surface area contributed by atoms with E-state index >= 15 is 0 Å². The molecule has 1 aliphatic heterocycles. The van der Waals surface area contributed by atoms with Crippen molar-refractivity contribution in [1.82, 2.24) is 5.32 Å². The Bertz CT molecular complexity index is 346. The fourth-order valence-corrected chi connectivity index (χ4v) is 3.34. The summed E-state index contributed by atoms with van der Waals surface area (Å²) in [6, 6.07) is 0. The molecule has 3 N–H and O–H groups in total. The van der Waals surface area contributed by atoms with Gasteiger partial charge < -0.3 is 15.8 Å². The molecule has 1 saturated heterocycles. The third-order valence-corrected chi connectivity index (χ3v) is 4.75. The lowest BCUT2D eigenvalue weighted by atomic mass is 9.76. The van der Waals surface area contributed by atoms with Crippen molar-refractivity contribution >= 4 is 5.97 Å². The van der Waals surface area contributed by atoms with E-state index in [1.54, 1.807) is 0 Å². The lowest BCUT2D eigenvalue weighted by Crippen LogP contribution is -2.59. The van der Waals surface area contributed by atoms with Crippen LogP contribution < -0.4 is 11.1 Å². The summed E-state index contributed by atoms with van der Waals surface area (Å²) in [4.78, 5) is 12.8. The maximum atomic E-state index is 12.8. The van der Waals surface area contributed by atoms with Crippen molar-refractivity contribution < 1.29 is 9.53 Å². The minimum Gasteiger partial charge on any atom is -0.459 e. The first kappa shape index (κ1) is 20.4. The molecule has 0 aromatic rings. The molecule has 0 amide bonds. The van der Waals surface area contributed by atoms with Crippen molar-refractivity contribution in [3.63, 3.8) is 0 Å².